The molecule has 0 aliphatic heterocycles. The lowest BCUT2D eigenvalue weighted by molar-refractivity contribution is 1.58. The lowest BCUT2D eigenvalue weighted by atomic mass is 10.1. The Labute approximate surface area is 96.7 Å². The molecule has 2 rings (SSSR count). The van der Waals surface area contributed by atoms with Crippen LogP contribution in [0.4, 0.5) is 0 Å². The molecular weight excluding hydrogens is 259 g/mol. The van der Waals surface area contributed by atoms with Crippen LogP contribution in [0.3, 0.4) is 0 Å². The minimum atomic E-state index is 0.753. The van der Waals surface area contributed by atoms with Crippen molar-refractivity contribution in [3.8, 4) is 11.1 Å². The van der Waals surface area contributed by atoms with Gasteiger partial charge in [-0.15, -0.1) is 0 Å². The summed E-state index contributed by atoms with van der Waals surface area (Å²) in [4.78, 5) is 0. The van der Waals surface area contributed by atoms with Crippen LogP contribution in [0.5, 0.6) is 0 Å². The van der Waals surface area contributed by atoms with Crippen LogP contribution in [0, 0.1) is 6.07 Å². The van der Waals surface area contributed by atoms with Gasteiger partial charge < -0.3 is 0 Å². The summed E-state index contributed by atoms with van der Waals surface area (Å²) in [6.45, 7) is 0. The van der Waals surface area contributed by atoms with Crippen LogP contribution < -0.4 is 0 Å². The molecule has 0 atom stereocenters. The molecule has 69 valence electrons. The summed E-state index contributed by atoms with van der Waals surface area (Å²) >= 11 is 9.24. The van der Waals surface area contributed by atoms with Gasteiger partial charge in [0.15, 0.2) is 0 Å². The summed E-state index contributed by atoms with van der Waals surface area (Å²) in [6, 6.07) is 16.8. The van der Waals surface area contributed by atoms with E-state index in [4.69, 9.17) is 11.6 Å². The van der Waals surface area contributed by atoms with E-state index < -0.39 is 0 Å². The first kappa shape index (κ1) is 9.75. The smallest absolute Gasteiger partial charge is 0.0406 e. The van der Waals surface area contributed by atoms with Gasteiger partial charge in [0.05, 0.1) is 0 Å². The highest BCUT2D eigenvalue weighted by atomic mass is 79.9. The molecule has 0 aliphatic carbocycles. The first-order valence-electron chi connectivity index (χ1n) is 4.19. The predicted molar refractivity (Wildman–Crippen MR) is 63.4 cm³/mol. The summed E-state index contributed by atoms with van der Waals surface area (Å²) in [6.07, 6.45) is 0. The molecule has 0 unspecified atom stereocenters. The lowest BCUT2D eigenvalue weighted by Gasteiger charge is -2.01. The molecule has 0 saturated heterocycles. The summed E-state index contributed by atoms with van der Waals surface area (Å²) in [5, 5.41) is 0.753. The average molecular weight is 267 g/mol. The molecule has 0 aromatic heterocycles. The number of hydrogen-bond donors (Lipinski definition) is 0. The van der Waals surface area contributed by atoms with E-state index in [2.05, 4.69) is 22.0 Å². The molecule has 0 N–H and O–H groups in total. The maximum atomic E-state index is 5.81. The third-order valence-electron chi connectivity index (χ3n) is 1.92. The third-order valence-corrected chi connectivity index (χ3v) is 2.66. The van der Waals surface area contributed by atoms with Crippen molar-refractivity contribution in [2.45, 2.75) is 0 Å². The second-order valence-corrected chi connectivity index (χ2v) is 4.28. The van der Waals surface area contributed by atoms with Crippen molar-refractivity contribution in [3.63, 3.8) is 0 Å². The van der Waals surface area contributed by atoms with Gasteiger partial charge in [-0.3, -0.25) is 0 Å². The number of benzene rings is 2. The maximum absolute atomic E-state index is 5.81. The van der Waals surface area contributed by atoms with E-state index in [-0.39, 0.29) is 0 Å². The van der Waals surface area contributed by atoms with Crippen LogP contribution >= 0.6 is 27.5 Å². The summed E-state index contributed by atoms with van der Waals surface area (Å²) in [5.74, 6) is 0. The van der Waals surface area contributed by atoms with Crippen molar-refractivity contribution >= 4 is 27.5 Å². The Morgan fingerprint density at radius 3 is 2.43 bits per heavy atom. The van der Waals surface area contributed by atoms with Gasteiger partial charge in [0.2, 0.25) is 0 Å². The molecule has 0 fully saturated rings. The Balaban J connectivity index is 2.44. The minimum Gasteiger partial charge on any atom is -0.0843 e. The van der Waals surface area contributed by atoms with Gasteiger partial charge in [0.25, 0.3) is 0 Å². The predicted octanol–water partition coefficient (Wildman–Crippen LogP) is 4.57. The SMILES string of the molecule is Clc1ccc(-c2[c]ccc(Br)c2)cc1. The van der Waals surface area contributed by atoms with Gasteiger partial charge in [0, 0.05) is 9.50 Å². The van der Waals surface area contributed by atoms with Gasteiger partial charge in [-0.25, -0.2) is 0 Å². The van der Waals surface area contributed by atoms with Crippen molar-refractivity contribution in [1.82, 2.24) is 0 Å². The van der Waals surface area contributed by atoms with Gasteiger partial charge in [0.1, 0.15) is 0 Å². The second-order valence-electron chi connectivity index (χ2n) is 2.93. The maximum Gasteiger partial charge on any atom is 0.0406 e. The Kier molecular flexibility index (Phi) is 2.90. The van der Waals surface area contributed by atoms with E-state index in [1.807, 2.05) is 42.5 Å². The highest BCUT2D eigenvalue weighted by Crippen LogP contribution is 2.23. The van der Waals surface area contributed by atoms with Crippen molar-refractivity contribution in [1.29, 1.82) is 0 Å². The largest absolute Gasteiger partial charge is 0.0843 e. The Morgan fingerprint density at radius 2 is 1.79 bits per heavy atom. The van der Waals surface area contributed by atoms with Crippen LogP contribution in [-0.2, 0) is 0 Å². The normalized spacial score (nSPS) is 10.1. The quantitative estimate of drug-likeness (QED) is 0.709. The van der Waals surface area contributed by atoms with Gasteiger partial charge in [-0.2, -0.15) is 0 Å². The number of halogens is 2. The number of hydrogen-bond acceptors (Lipinski definition) is 0. The molecule has 2 aromatic carbocycles. The van der Waals surface area contributed by atoms with Crippen molar-refractivity contribution in [3.05, 3.63) is 58.0 Å². The Hall–Kier alpha value is -0.790. The van der Waals surface area contributed by atoms with E-state index in [9.17, 15) is 0 Å². The standard InChI is InChI=1S/C12H7BrCl/c13-11-3-1-2-10(8-11)9-4-6-12(14)7-5-9/h1,3-8H. The zero-order valence-corrected chi connectivity index (χ0v) is 9.64. The van der Waals surface area contributed by atoms with Crippen LogP contribution in [-0.4, -0.2) is 0 Å². The molecule has 14 heavy (non-hydrogen) atoms. The summed E-state index contributed by atoms with van der Waals surface area (Å²) in [7, 11) is 0. The van der Waals surface area contributed by atoms with Crippen molar-refractivity contribution in [2.24, 2.45) is 0 Å². The van der Waals surface area contributed by atoms with Gasteiger partial charge in [-0.05, 0) is 41.5 Å². The fraction of sp³-hybridized carbons (Fsp3) is 0. The van der Waals surface area contributed by atoms with E-state index in [0.717, 1.165) is 20.6 Å². The molecule has 0 heterocycles. The van der Waals surface area contributed by atoms with Crippen LogP contribution in [0.2, 0.25) is 5.02 Å². The highest BCUT2D eigenvalue weighted by Gasteiger charge is 1.97. The molecule has 0 saturated carbocycles. The molecule has 2 heteroatoms. The fourth-order valence-corrected chi connectivity index (χ4v) is 1.72. The van der Waals surface area contributed by atoms with Gasteiger partial charge in [-0.1, -0.05) is 45.7 Å². The topological polar surface area (TPSA) is 0 Å². The molecule has 0 aliphatic rings. The summed E-state index contributed by atoms with van der Waals surface area (Å²) < 4.78 is 1.06. The highest BCUT2D eigenvalue weighted by molar-refractivity contribution is 9.10. The first-order chi connectivity index (χ1) is 6.75. The van der Waals surface area contributed by atoms with E-state index >= 15 is 0 Å². The molecule has 2 aromatic rings. The Morgan fingerprint density at radius 1 is 1.07 bits per heavy atom. The molecule has 0 bridgehead atoms. The second kappa shape index (κ2) is 4.16. The summed E-state index contributed by atoms with van der Waals surface area (Å²) in [5.41, 5.74) is 2.19. The average Bonchev–Trinajstić information content (AvgIpc) is 2.19. The van der Waals surface area contributed by atoms with E-state index in [1.165, 1.54) is 0 Å². The van der Waals surface area contributed by atoms with Crippen LogP contribution in [0.15, 0.2) is 46.9 Å². The molecule has 0 nitrogen and oxygen atoms in total. The number of rotatable bonds is 1. The first-order valence-corrected chi connectivity index (χ1v) is 5.36. The zero-order chi connectivity index (χ0) is 9.97. The van der Waals surface area contributed by atoms with Gasteiger partial charge >= 0.3 is 0 Å². The molecule has 0 amide bonds. The molecule has 0 spiro atoms. The molecular formula is C12H7BrCl. The third kappa shape index (κ3) is 2.17. The minimum absolute atomic E-state index is 0.753. The van der Waals surface area contributed by atoms with E-state index in [1.54, 1.807) is 0 Å². The van der Waals surface area contributed by atoms with Crippen molar-refractivity contribution in [2.75, 3.05) is 0 Å². The van der Waals surface area contributed by atoms with Crippen molar-refractivity contribution < 1.29 is 0 Å². The fourth-order valence-electron chi connectivity index (χ4n) is 1.23. The monoisotopic (exact) mass is 265 g/mol. The Bertz CT molecular complexity index is 434. The lowest BCUT2D eigenvalue weighted by Crippen LogP contribution is -1.77. The zero-order valence-electron chi connectivity index (χ0n) is 7.30. The van der Waals surface area contributed by atoms with Crippen LogP contribution in [0.25, 0.3) is 11.1 Å². The van der Waals surface area contributed by atoms with Crippen LogP contribution in [0.1, 0.15) is 0 Å². The van der Waals surface area contributed by atoms with E-state index in [0.29, 0.717) is 0 Å². The molecule has 1 radical (unpaired) electrons.